The SMILES string of the molecule is CCCn1nncc1C(=O)c1ccc(Br)c(F)c1. The highest BCUT2D eigenvalue weighted by molar-refractivity contribution is 9.10. The molecule has 0 N–H and O–H groups in total. The van der Waals surface area contributed by atoms with Crippen LogP contribution in [0.5, 0.6) is 0 Å². The molecule has 18 heavy (non-hydrogen) atoms. The van der Waals surface area contributed by atoms with E-state index in [4.69, 9.17) is 0 Å². The number of benzene rings is 1. The van der Waals surface area contributed by atoms with Crippen LogP contribution in [-0.4, -0.2) is 20.8 Å². The van der Waals surface area contributed by atoms with Gasteiger partial charge in [0.1, 0.15) is 11.5 Å². The molecule has 0 atom stereocenters. The second-order valence-electron chi connectivity index (χ2n) is 3.80. The molecule has 0 unspecified atom stereocenters. The average Bonchev–Trinajstić information content (AvgIpc) is 2.80. The van der Waals surface area contributed by atoms with Gasteiger partial charge in [-0.3, -0.25) is 4.79 Å². The van der Waals surface area contributed by atoms with Crippen LogP contribution in [0.3, 0.4) is 0 Å². The molecular weight excluding hydrogens is 301 g/mol. The summed E-state index contributed by atoms with van der Waals surface area (Å²) in [6, 6.07) is 4.28. The number of carbonyl (C=O) groups excluding carboxylic acids is 1. The normalized spacial score (nSPS) is 10.6. The number of rotatable bonds is 4. The van der Waals surface area contributed by atoms with Crippen molar-refractivity contribution in [3.05, 3.63) is 45.9 Å². The van der Waals surface area contributed by atoms with Crippen LogP contribution in [-0.2, 0) is 6.54 Å². The Balaban J connectivity index is 2.35. The maximum absolute atomic E-state index is 13.4. The van der Waals surface area contributed by atoms with E-state index < -0.39 is 5.82 Å². The van der Waals surface area contributed by atoms with E-state index in [2.05, 4.69) is 26.2 Å². The smallest absolute Gasteiger partial charge is 0.212 e. The van der Waals surface area contributed by atoms with Crippen molar-refractivity contribution in [2.45, 2.75) is 19.9 Å². The number of aromatic nitrogens is 3. The minimum Gasteiger partial charge on any atom is -0.287 e. The Kier molecular flexibility index (Phi) is 3.86. The number of hydrogen-bond acceptors (Lipinski definition) is 3. The lowest BCUT2D eigenvalue weighted by Crippen LogP contribution is -2.11. The van der Waals surface area contributed by atoms with E-state index in [0.29, 0.717) is 16.7 Å². The molecule has 1 aromatic carbocycles. The van der Waals surface area contributed by atoms with E-state index in [1.54, 1.807) is 6.07 Å². The van der Waals surface area contributed by atoms with Gasteiger partial charge in [-0.1, -0.05) is 12.1 Å². The molecule has 0 radical (unpaired) electrons. The van der Waals surface area contributed by atoms with Crippen LogP contribution in [0.4, 0.5) is 4.39 Å². The molecule has 2 rings (SSSR count). The van der Waals surface area contributed by atoms with Crippen LogP contribution >= 0.6 is 15.9 Å². The molecule has 4 nitrogen and oxygen atoms in total. The third kappa shape index (κ3) is 2.48. The van der Waals surface area contributed by atoms with Crippen molar-refractivity contribution >= 4 is 21.7 Å². The molecule has 94 valence electrons. The van der Waals surface area contributed by atoms with Crippen molar-refractivity contribution in [2.75, 3.05) is 0 Å². The molecule has 1 heterocycles. The summed E-state index contributed by atoms with van der Waals surface area (Å²) in [5.74, 6) is -0.741. The molecule has 0 aliphatic heterocycles. The van der Waals surface area contributed by atoms with E-state index in [1.807, 2.05) is 6.92 Å². The molecule has 0 amide bonds. The van der Waals surface area contributed by atoms with E-state index >= 15 is 0 Å². The van der Waals surface area contributed by atoms with Gasteiger partial charge in [-0.2, -0.15) is 0 Å². The summed E-state index contributed by atoms with van der Waals surface area (Å²) in [5.41, 5.74) is 0.661. The number of halogens is 2. The predicted octanol–water partition coefficient (Wildman–Crippen LogP) is 2.82. The van der Waals surface area contributed by atoms with Crippen molar-refractivity contribution in [3.63, 3.8) is 0 Å². The van der Waals surface area contributed by atoms with Gasteiger partial charge in [0.25, 0.3) is 0 Å². The molecule has 0 saturated heterocycles. The number of hydrogen-bond donors (Lipinski definition) is 0. The molecule has 1 aromatic heterocycles. The Labute approximate surface area is 112 Å². The standard InChI is InChI=1S/C12H11BrFN3O/c1-2-5-17-11(7-15-16-17)12(18)8-3-4-9(13)10(14)6-8/h3-4,6-7H,2,5H2,1H3. The molecule has 0 saturated carbocycles. The second-order valence-corrected chi connectivity index (χ2v) is 4.65. The van der Waals surface area contributed by atoms with E-state index in [-0.39, 0.29) is 11.3 Å². The molecule has 0 bridgehead atoms. The largest absolute Gasteiger partial charge is 0.287 e. The first-order valence-corrected chi connectivity index (χ1v) is 6.31. The molecule has 0 aliphatic carbocycles. The predicted molar refractivity (Wildman–Crippen MR) is 67.8 cm³/mol. The number of aryl methyl sites for hydroxylation is 1. The minimum atomic E-state index is -0.463. The zero-order chi connectivity index (χ0) is 13.1. The monoisotopic (exact) mass is 311 g/mol. The molecule has 0 spiro atoms. The maximum atomic E-state index is 13.4. The summed E-state index contributed by atoms with van der Waals surface area (Å²) in [5, 5.41) is 7.55. The average molecular weight is 312 g/mol. The topological polar surface area (TPSA) is 47.8 Å². The van der Waals surface area contributed by atoms with Gasteiger partial charge < -0.3 is 0 Å². The summed E-state index contributed by atoms with van der Waals surface area (Å²) in [6.07, 6.45) is 2.25. The first kappa shape index (κ1) is 12.9. The third-order valence-corrected chi connectivity index (χ3v) is 3.11. The first-order valence-electron chi connectivity index (χ1n) is 5.51. The lowest BCUT2D eigenvalue weighted by Gasteiger charge is -2.04. The van der Waals surface area contributed by atoms with Gasteiger partial charge in [-0.05, 0) is 40.5 Å². The number of ketones is 1. The third-order valence-electron chi connectivity index (χ3n) is 2.47. The van der Waals surface area contributed by atoms with Gasteiger partial charge in [0, 0.05) is 12.1 Å². The van der Waals surface area contributed by atoms with Crippen molar-refractivity contribution in [1.82, 2.24) is 15.0 Å². The highest BCUT2D eigenvalue weighted by Crippen LogP contribution is 2.18. The Morgan fingerprint density at radius 1 is 1.50 bits per heavy atom. The van der Waals surface area contributed by atoms with Crippen LogP contribution in [0, 0.1) is 5.82 Å². The van der Waals surface area contributed by atoms with Gasteiger partial charge in [0.2, 0.25) is 5.78 Å². The lowest BCUT2D eigenvalue weighted by atomic mass is 10.1. The van der Waals surface area contributed by atoms with Crippen molar-refractivity contribution in [3.8, 4) is 0 Å². The lowest BCUT2D eigenvalue weighted by molar-refractivity contribution is 0.102. The Morgan fingerprint density at radius 2 is 2.28 bits per heavy atom. The summed E-state index contributed by atoms with van der Waals surface area (Å²) in [7, 11) is 0. The zero-order valence-corrected chi connectivity index (χ0v) is 11.3. The first-order chi connectivity index (χ1) is 8.63. The number of carbonyl (C=O) groups is 1. The van der Waals surface area contributed by atoms with Crippen LogP contribution in [0.15, 0.2) is 28.9 Å². The van der Waals surface area contributed by atoms with Crippen LogP contribution in [0.2, 0.25) is 0 Å². The fraction of sp³-hybridized carbons (Fsp3) is 0.250. The molecule has 0 aliphatic rings. The minimum absolute atomic E-state index is 0.278. The summed E-state index contributed by atoms with van der Waals surface area (Å²) in [4.78, 5) is 12.2. The van der Waals surface area contributed by atoms with Crippen LogP contribution < -0.4 is 0 Å². The maximum Gasteiger partial charge on any atom is 0.212 e. The summed E-state index contributed by atoms with van der Waals surface area (Å²) >= 11 is 3.05. The highest BCUT2D eigenvalue weighted by Gasteiger charge is 2.16. The Bertz CT molecular complexity index is 582. The summed E-state index contributed by atoms with van der Waals surface area (Å²) < 4.78 is 15.3. The van der Waals surface area contributed by atoms with Gasteiger partial charge in [0.15, 0.2) is 0 Å². The van der Waals surface area contributed by atoms with Gasteiger partial charge in [-0.15, -0.1) is 5.10 Å². The molecule has 6 heteroatoms. The van der Waals surface area contributed by atoms with Gasteiger partial charge in [0.05, 0.1) is 10.7 Å². The fourth-order valence-corrected chi connectivity index (χ4v) is 1.84. The second kappa shape index (κ2) is 5.39. The highest BCUT2D eigenvalue weighted by atomic mass is 79.9. The molecular formula is C12H11BrFN3O. The van der Waals surface area contributed by atoms with Gasteiger partial charge in [-0.25, -0.2) is 9.07 Å². The van der Waals surface area contributed by atoms with Gasteiger partial charge >= 0.3 is 0 Å². The van der Waals surface area contributed by atoms with E-state index in [9.17, 15) is 9.18 Å². The van der Waals surface area contributed by atoms with Crippen LogP contribution in [0.25, 0.3) is 0 Å². The molecule has 2 aromatic rings. The van der Waals surface area contributed by atoms with Crippen molar-refractivity contribution in [1.29, 1.82) is 0 Å². The molecule has 0 fully saturated rings. The Hall–Kier alpha value is -1.56. The summed E-state index contributed by atoms with van der Waals surface area (Å²) in [6.45, 7) is 2.59. The van der Waals surface area contributed by atoms with E-state index in [1.165, 1.54) is 23.0 Å². The number of nitrogens with zero attached hydrogens (tertiary/aromatic N) is 3. The van der Waals surface area contributed by atoms with E-state index in [0.717, 1.165) is 6.42 Å². The fourth-order valence-electron chi connectivity index (χ4n) is 1.60. The van der Waals surface area contributed by atoms with Crippen molar-refractivity contribution < 1.29 is 9.18 Å². The van der Waals surface area contributed by atoms with Crippen molar-refractivity contribution in [2.24, 2.45) is 0 Å². The quantitative estimate of drug-likeness (QED) is 0.816. The zero-order valence-electron chi connectivity index (χ0n) is 9.73. The Morgan fingerprint density at radius 3 is 2.94 bits per heavy atom. The van der Waals surface area contributed by atoms with Crippen LogP contribution in [0.1, 0.15) is 29.4 Å².